The molecule has 0 bridgehead atoms. The maximum atomic E-state index is 13.3. The fourth-order valence-electron chi connectivity index (χ4n) is 5.74. The quantitative estimate of drug-likeness (QED) is 0.110. The third kappa shape index (κ3) is 13.1. The van der Waals surface area contributed by atoms with Crippen LogP contribution in [0.25, 0.3) is 0 Å². The summed E-state index contributed by atoms with van der Waals surface area (Å²) in [5, 5.41) is 30.8. The van der Waals surface area contributed by atoms with E-state index in [-0.39, 0.29) is 55.9 Å². The number of nitrogens with one attached hydrogen (secondary N) is 4. The average Bonchev–Trinajstić information content (AvgIpc) is 3.52. The van der Waals surface area contributed by atoms with Gasteiger partial charge in [-0.15, -0.1) is 0 Å². The highest BCUT2D eigenvalue weighted by atomic mass is 16.5. The standard InChI is InChI=1S/C34H53N5O9/c1-20(2)17-26(37-32(43)29-10-8-16-39(29)22(5)40)30(41)35-15-7-9-25(33(44)45)36-27(18-21(3)4)31(42)38-28(34(46)47)19-23-11-13-24(48-6)14-12-23/h11-14,20-21,25-29,36H,7-10,15-19H2,1-6H3,(H,35,41)(H,37,43)(H,38,42)(H,44,45)(H,46,47)/t25-,26+,27+,28+,29+/m1/s1. The maximum Gasteiger partial charge on any atom is 0.326 e. The number of carbonyl (C=O) groups is 6. The molecule has 6 N–H and O–H groups in total. The third-order valence-electron chi connectivity index (χ3n) is 8.21. The molecular formula is C34H53N5O9. The minimum absolute atomic E-state index is 0.00768. The summed E-state index contributed by atoms with van der Waals surface area (Å²) in [5.74, 6) is -3.31. The summed E-state index contributed by atoms with van der Waals surface area (Å²) < 4.78 is 5.13. The molecule has 1 heterocycles. The minimum atomic E-state index is -1.24. The van der Waals surface area contributed by atoms with Gasteiger partial charge in [-0.05, 0) is 68.1 Å². The second-order valence-electron chi connectivity index (χ2n) is 13.2. The van der Waals surface area contributed by atoms with Gasteiger partial charge >= 0.3 is 11.9 Å². The summed E-state index contributed by atoms with van der Waals surface area (Å²) in [5.41, 5.74) is 0.675. The molecule has 268 valence electrons. The van der Waals surface area contributed by atoms with Crippen molar-refractivity contribution in [2.24, 2.45) is 11.8 Å². The first-order chi connectivity index (χ1) is 22.6. The summed E-state index contributed by atoms with van der Waals surface area (Å²) in [7, 11) is 1.52. The van der Waals surface area contributed by atoms with Crippen molar-refractivity contribution in [3.8, 4) is 5.75 Å². The molecule has 1 aromatic carbocycles. The fraction of sp³-hybridized carbons (Fsp3) is 0.647. The van der Waals surface area contributed by atoms with Crippen molar-refractivity contribution < 1.29 is 43.7 Å². The number of hydrogen-bond acceptors (Lipinski definition) is 8. The van der Waals surface area contributed by atoms with Gasteiger partial charge in [0.15, 0.2) is 0 Å². The zero-order chi connectivity index (χ0) is 36.0. The second-order valence-corrected chi connectivity index (χ2v) is 13.2. The Bertz CT molecular complexity index is 1250. The number of rotatable bonds is 20. The normalized spacial score (nSPS) is 16.9. The van der Waals surface area contributed by atoms with E-state index in [0.717, 1.165) is 0 Å². The number of amides is 4. The molecule has 14 heteroatoms. The van der Waals surface area contributed by atoms with Crippen molar-refractivity contribution in [3.63, 3.8) is 0 Å². The fourth-order valence-corrected chi connectivity index (χ4v) is 5.74. The van der Waals surface area contributed by atoms with Crippen LogP contribution < -0.4 is 26.0 Å². The van der Waals surface area contributed by atoms with Crippen LogP contribution in [0.15, 0.2) is 24.3 Å². The first kappa shape index (κ1) is 40.0. The predicted octanol–water partition coefficient (Wildman–Crippen LogP) is 1.70. The molecule has 1 aliphatic heterocycles. The van der Waals surface area contributed by atoms with Crippen molar-refractivity contribution >= 4 is 35.6 Å². The van der Waals surface area contributed by atoms with Crippen LogP contribution in [0.1, 0.15) is 78.7 Å². The lowest BCUT2D eigenvalue weighted by molar-refractivity contribution is -0.143. The Morgan fingerprint density at radius 2 is 1.46 bits per heavy atom. The molecule has 0 spiro atoms. The number of carboxylic acids is 2. The van der Waals surface area contributed by atoms with Crippen molar-refractivity contribution in [2.75, 3.05) is 20.2 Å². The monoisotopic (exact) mass is 675 g/mol. The molecule has 14 nitrogen and oxygen atoms in total. The van der Waals surface area contributed by atoms with Crippen LogP contribution in [0, 0.1) is 11.8 Å². The Balaban J connectivity index is 2.00. The van der Waals surface area contributed by atoms with Crippen LogP contribution in [0.3, 0.4) is 0 Å². The van der Waals surface area contributed by atoms with E-state index in [0.29, 0.717) is 37.1 Å². The number of nitrogens with zero attached hydrogens (tertiary/aromatic N) is 1. The lowest BCUT2D eigenvalue weighted by atomic mass is 9.99. The van der Waals surface area contributed by atoms with Gasteiger partial charge in [-0.2, -0.15) is 0 Å². The highest BCUT2D eigenvalue weighted by molar-refractivity contribution is 5.92. The third-order valence-corrected chi connectivity index (χ3v) is 8.21. The number of methoxy groups -OCH3 is 1. The van der Waals surface area contributed by atoms with Gasteiger partial charge in [0.1, 0.15) is 29.9 Å². The topological polar surface area (TPSA) is 203 Å². The Labute approximate surface area is 282 Å². The van der Waals surface area contributed by atoms with Crippen LogP contribution in [0.4, 0.5) is 0 Å². The van der Waals surface area contributed by atoms with Crippen LogP contribution in [0.2, 0.25) is 0 Å². The van der Waals surface area contributed by atoms with E-state index in [1.165, 1.54) is 18.9 Å². The van der Waals surface area contributed by atoms with Gasteiger partial charge in [0.05, 0.1) is 13.2 Å². The van der Waals surface area contributed by atoms with E-state index in [1.54, 1.807) is 24.3 Å². The lowest BCUT2D eigenvalue weighted by Crippen LogP contribution is -2.55. The molecule has 5 atom stereocenters. The summed E-state index contributed by atoms with van der Waals surface area (Å²) in [4.78, 5) is 77.0. The van der Waals surface area contributed by atoms with Gasteiger partial charge in [0.2, 0.25) is 23.6 Å². The predicted molar refractivity (Wildman–Crippen MR) is 178 cm³/mol. The molecular weight excluding hydrogens is 622 g/mol. The Hall–Kier alpha value is -4.20. The van der Waals surface area contributed by atoms with Crippen LogP contribution >= 0.6 is 0 Å². The number of ether oxygens (including phenoxy) is 1. The maximum absolute atomic E-state index is 13.3. The number of carbonyl (C=O) groups excluding carboxylic acids is 4. The van der Waals surface area contributed by atoms with Gasteiger partial charge in [-0.25, -0.2) is 4.79 Å². The Kier molecular flexibility index (Phi) is 16.3. The lowest BCUT2D eigenvalue weighted by Gasteiger charge is -2.27. The zero-order valence-corrected chi connectivity index (χ0v) is 28.9. The first-order valence-electron chi connectivity index (χ1n) is 16.6. The van der Waals surface area contributed by atoms with Crippen LogP contribution in [-0.2, 0) is 35.2 Å². The van der Waals surface area contributed by atoms with E-state index in [9.17, 15) is 39.0 Å². The molecule has 48 heavy (non-hydrogen) atoms. The van der Waals surface area contributed by atoms with Gasteiger partial charge in [0.25, 0.3) is 0 Å². The average molecular weight is 676 g/mol. The number of carboxylic acid groups (broad SMARTS) is 2. The summed E-state index contributed by atoms with van der Waals surface area (Å²) in [6, 6.07) is 2.01. The van der Waals surface area contributed by atoms with E-state index < -0.39 is 54.0 Å². The second kappa shape index (κ2) is 19.6. The molecule has 0 unspecified atom stereocenters. The van der Waals surface area contributed by atoms with Crippen molar-refractivity contribution in [1.82, 2.24) is 26.2 Å². The smallest absolute Gasteiger partial charge is 0.326 e. The minimum Gasteiger partial charge on any atom is -0.497 e. The van der Waals surface area contributed by atoms with E-state index in [4.69, 9.17) is 4.74 Å². The van der Waals surface area contributed by atoms with Gasteiger partial charge in [-0.3, -0.25) is 29.3 Å². The largest absolute Gasteiger partial charge is 0.497 e. The molecule has 4 amide bonds. The number of benzene rings is 1. The Morgan fingerprint density at radius 3 is 2.00 bits per heavy atom. The van der Waals surface area contributed by atoms with E-state index in [2.05, 4.69) is 21.3 Å². The molecule has 0 saturated carbocycles. The number of likely N-dealkylation sites (tertiary alicyclic amines) is 1. The van der Waals surface area contributed by atoms with Crippen molar-refractivity contribution in [3.05, 3.63) is 29.8 Å². The Morgan fingerprint density at radius 1 is 0.854 bits per heavy atom. The summed E-state index contributed by atoms with van der Waals surface area (Å²) in [6.45, 7) is 9.63. The van der Waals surface area contributed by atoms with Crippen LogP contribution in [-0.4, -0.2) is 101 Å². The van der Waals surface area contributed by atoms with Crippen molar-refractivity contribution in [2.45, 2.75) is 110 Å². The van der Waals surface area contributed by atoms with Crippen LogP contribution in [0.5, 0.6) is 5.75 Å². The highest BCUT2D eigenvalue weighted by Crippen LogP contribution is 2.18. The molecule has 0 aromatic heterocycles. The molecule has 1 aliphatic rings. The molecule has 1 fully saturated rings. The van der Waals surface area contributed by atoms with Gasteiger partial charge < -0.3 is 35.8 Å². The first-order valence-corrected chi connectivity index (χ1v) is 16.6. The molecule has 0 aliphatic carbocycles. The number of hydrogen-bond donors (Lipinski definition) is 6. The van der Waals surface area contributed by atoms with E-state index >= 15 is 0 Å². The summed E-state index contributed by atoms with van der Waals surface area (Å²) >= 11 is 0. The highest BCUT2D eigenvalue weighted by Gasteiger charge is 2.35. The summed E-state index contributed by atoms with van der Waals surface area (Å²) in [6.07, 6.45) is 2.23. The molecule has 1 aromatic rings. The molecule has 0 radical (unpaired) electrons. The molecule has 2 rings (SSSR count). The zero-order valence-electron chi connectivity index (χ0n) is 28.9. The van der Waals surface area contributed by atoms with Gasteiger partial charge in [0, 0.05) is 26.4 Å². The molecule has 1 saturated heterocycles. The SMILES string of the molecule is COc1ccc(C[C@H](NC(=O)[C@H](CC(C)C)N[C@H](CCCNC(=O)[C@H](CC(C)C)NC(=O)[C@@H]2CCCN2C(C)=O)C(=O)O)C(=O)O)cc1. The van der Waals surface area contributed by atoms with Crippen molar-refractivity contribution in [1.29, 1.82) is 0 Å². The van der Waals surface area contributed by atoms with E-state index in [1.807, 2.05) is 27.7 Å². The van der Waals surface area contributed by atoms with Gasteiger partial charge in [-0.1, -0.05) is 39.8 Å². The number of aliphatic carboxylic acids is 2.